The van der Waals surface area contributed by atoms with Crippen LogP contribution in [-0.2, 0) is 0 Å². The number of hydrogen-bond acceptors (Lipinski definition) is 4. The molecular formula is C18H12Br2N4. The van der Waals surface area contributed by atoms with E-state index >= 15 is 0 Å². The van der Waals surface area contributed by atoms with Crippen LogP contribution in [0.15, 0.2) is 57.5 Å². The van der Waals surface area contributed by atoms with Crippen molar-refractivity contribution in [2.75, 3.05) is 0 Å². The van der Waals surface area contributed by atoms with Gasteiger partial charge in [-0.1, -0.05) is 36.4 Å². The number of halogens is 2. The number of rotatable bonds is 2. The summed E-state index contributed by atoms with van der Waals surface area (Å²) in [7, 11) is 0. The van der Waals surface area contributed by atoms with Gasteiger partial charge >= 0.3 is 0 Å². The molecule has 0 heterocycles. The molecular weight excluding hydrogens is 432 g/mol. The first-order valence-corrected chi connectivity index (χ1v) is 8.61. The third-order valence-electron chi connectivity index (χ3n) is 3.82. The Hall–Kier alpha value is -2.18. The maximum Gasteiger partial charge on any atom is 0.0937 e. The van der Waals surface area contributed by atoms with Crippen LogP contribution in [-0.4, -0.2) is 22.8 Å². The number of benzene rings is 1. The van der Waals surface area contributed by atoms with Crippen molar-refractivity contribution in [3.63, 3.8) is 0 Å². The molecule has 2 aliphatic carbocycles. The second-order valence-corrected chi connectivity index (χ2v) is 6.98. The van der Waals surface area contributed by atoms with Gasteiger partial charge in [-0.25, -0.2) is 0 Å². The molecule has 4 N–H and O–H groups in total. The summed E-state index contributed by atoms with van der Waals surface area (Å²) in [6, 6.07) is 7.50. The van der Waals surface area contributed by atoms with Gasteiger partial charge in [-0.15, -0.1) is 0 Å². The van der Waals surface area contributed by atoms with E-state index in [1.165, 1.54) is 0 Å². The van der Waals surface area contributed by atoms with Crippen LogP contribution >= 0.6 is 31.9 Å². The standard InChI is InChI=1S/C18H12Br2N4/c19-13-7-5-11(15(21)17(13)23)9-1-2-10(4-3-9)12-6-8-14(20)18(24)16(12)22/h1-8,21-24H. The summed E-state index contributed by atoms with van der Waals surface area (Å²) in [5.74, 6) is 0. The van der Waals surface area contributed by atoms with Crippen molar-refractivity contribution in [3.8, 4) is 0 Å². The summed E-state index contributed by atoms with van der Waals surface area (Å²) in [5.41, 5.74) is 3.76. The van der Waals surface area contributed by atoms with Crippen molar-refractivity contribution >= 4 is 65.9 Å². The molecule has 24 heavy (non-hydrogen) atoms. The highest BCUT2D eigenvalue weighted by Crippen LogP contribution is 2.28. The second-order valence-electron chi connectivity index (χ2n) is 5.27. The fourth-order valence-corrected chi connectivity index (χ4v) is 3.13. The Bertz CT molecular complexity index is 851. The second kappa shape index (κ2) is 6.37. The molecule has 0 fully saturated rings. The fraction of sp³-hybridized carbons (Fsp3) is 0. The quantitative estimate of drug-likeness (QED) is 0.456. The van der Waals surface area contributed by atoms with Crippen LogP contribution in [0.2, 0.25) is 0 Å². The zero-order valence-corrected chi connectivity index (χ0v) is 15.5. The van der Waals surface area contributed by atoms with Crippen molar-refractivity contribution < 1.29 is 0 Å². The third kappa shape index (κ3) is 2.83. The Morgan fingerprint density at radius 1 is 0.500 bits per heavy atom. The first-order chi connectivity index (χ1) is 11.4. The van der Waals surface area contributed by atoms with Crippen molar-refractivity contribution in [2.24, 2.45) is 0 Å². The smallest absolute Gasteiger partial charge is 0.0937 e. The molecule has 0 spiro atoms. The van der Waals surface area contributed by atoms with Crippen LogP contribution in [0.3, 0.4) is 0 Å². The van der Waals surface area contributed by atoms with Gasteiger partial charge < -0.3 is 0 Å². The van der Waals surface area contributed by atoms with Gasteiger partial charge in [0.25, 0.3) is 0 Å². The minimum atomic E-state index is 0.164. The minimum absolute atomic E-state index is 0.164. The molecule has 0 aromatic heterocycles. The molecule has 0 bridgehead atoms. The summed E-state index contributed by atoms with van der Waals surface area (Å²) >= 11 is 6.53. The highest BCUT2D eigenvalue weighted by molar-refractivity contribution is 9.12. The monoisotopic (exact) mass is 442 g/mol. The molecule has 0 radical (unpaired) electrons. The first-order valence-electron chi connectivity index (χ1n) is 7.02. The van der Waals surface area contributed by atoms with E-state index in [-0.39, 0.29) is 22.8 Å². The van der Waals surface area contributed by atoms with Gasteiger partial charge in [-0.3, -0.25) is 21.6 Å². The lowest BCUT2D eigenvalue weighted by Gasteiger charge is -2.16. The molecule has 4 nitrogen and oxygen atoms in total. The van der Waals surface area contributed by atoms with E-state index in [4.69, 9.17) is 21.6 Å². The van der Waals surface area contributed by atoms with Gasteiger partial charge in [0.05, 0.1) is 22.8 Å². The Morgan fingerprint density at radius 3 is 1.17 bits per heavy atom. The Kier molecular flexibility index (Phi) is 4.43. The molecule has 0 saturated heterocycles. The number of hydrogen-bond donors (Lipinski definition) is 4. The lowest BCUT2D eigenvalue weighted by molar-refractivity contribution is 1.47. The summed E-state index contributed by atoms with van der Waals surface area (Å²) < 4.78 is 1.20. The molecule has 6 heteroatoms. The Balaban J connectivity index is 1.96. The normalized spacial score (nSPS) is 18.1. The topological polar surface area (TPSA) is 95.4 Å². The van der Waals surface area contributed by atoms with Gasteiger partial charge in [0, 0.05) is 20.1 Å². The minimum Gasteiger partial charge on any atom is -0.298 e. The summed E-state index contributed by atoms with van der Waals surface area (Å²) in [6.07, 6.45) is 7.17. The van der Waals surface area contributed by atoms with Crippen molar-refractivity contribution in [1.82, 2.24) is 0 Å². The van der Waals surface area contributed by atoms with Crippen LogP contribution in [0.4, 0.5) is 0 Å². The number of nitrogens with one attached hydrogen (secondary N) is 4. The maximum absolute atomic E-state index is 8.10. The zero-order valence-electron chi connectivity index (χ0n) is 12.4. The molecule has 0 unspecified atom stereocenters. The highest BCUT2D eigenvalue weighted by Gasteiger charge is 2.20. The molecule has 0 saturated carbocycles. The SMILES string of the molecule is N=C1C(=N)C(c2ccc(C3=CC=C(Br)C(=N)C3=N)cc2)=CC=C1Br. The highest BCUT2D eigenvalue weighted by atomic mass is 79.9. The average Bonchev–Trinajstić information content (AvgIpc) is 2.58. The Morgan fingerprint density at radius 2 is 0.833 bits per heavy atom. The Labute approximate surface area is 156 Å². The van der Waals surface area contributed by atoms with Crippen LogP contribution in [0.5, 0.6) is 0 Å². The summed E-state index contributed by atoms with van der Waals surface area (Å²) in [5, 5.41) is 32.0. The fourth-order valence-electron chi connectivity index (χ4n) is 2.46. The number of allylic oxidation sites excluding steroid dienone is 8. The van der Waals surface area contributed by atoms with Gasteiger partial charge in [-0.2, -0.15) is 0 Å². The molecule has 1 aromatic carbocycles. The first kappa shape index (κ1) is 16.7. The van der Waals surface area contributed by atoms with Gasteiger partial charge in [-0.05, 0) is 55.1 Å². The molecule has 0 amide bonds. The van der Waals surface area contributed by atoms with Gasteiger partial charge in [0.15, 0.2) is 0 Å². The van der Waals surface area contributed by atoms with Crippen molar-refractivity contribution in [2.45, 2.75) is 0 Å². The van der Waals surface area contributed by atoms with Gasteiger partial charge in [0.1, 0.15) is 0 Å². The summed E-state index contributed by atoms with van der Waals surface area (Å²) in [6.45, 7) is 0. The van der Waals surface area contributed by atoms with E-state index in [0.29, 0.717) is 20.1 Å². The molecule has 118 valence electrons. The molecule has 0 aliphatic heterocycles. The third-order valence-corrected chi connectivity index (χ3v) is 5.14. The van der Waals surface area contributed by atoms with Crippen molar-refractivity contribution in [1.29, 1.82) is 21.6 Å². The van der Waals surface area contributed by atoms with E-state index in [1.807, 2.05) is 36.4 Å². The summed E-state index contributed by atoms with van der Waals surface area (Å²) in [4.78, 5) is 0. The van der Waals surface area contributed by atoms with Gasteiger partial charge in [0.2, 0.25) is 0 Å². The van der Waals surface area contributed by atoms with Crippen LogP contribution < -0.4 is 0 Å². The van der Waals surface area contributed by atoms with Crippen LogP contribution in [0, 0.1) is 21.6 Å². The van der Waals surface area contributed by atoms with E-state index in [0.717, 1.165) is 11.1 Å². The van der Waals surface area contributed by atoms with Crippen LogP contribution in [0.25, 0.3) is 11.1 Å². The molecule has 2 aliphatic rings. The van der Waals surface area contributed by atoms with E-state index < -0.39 is 0 Å². The average molecular weight is 444 g/mol. The largest absolute Gasteiger partial charge is 0.298 e. The maximum atomic E-state index is 8.10. The predicted molar refractivity (Wildman–Crippen MR) is 107 cm³/mol. The predicted octanol–water partition coefficient (Wildman–Crippen LogP) is 5.12. The molecule has 1 aromatic rings. The van der Waals surface area contributed by atoms with E-state index in [1.54, 1.807) is 12.2 Å². The van der Waals surface area contributed by atoms with E-state index in [9.17, 15) is 0 Å². The zero-order chi connectivity index (χ0) is 17.4. The lowest BCUT2D eigenvalue weighted by atomic mass is 9.90. The van der Waals surface area contributed by atoms with Crippen molar-refractivity contribution in [3.05, 3.63) is 68.7 Å². The van der Waals surface area contributed by atoms with E-state index in [2.05, 4.69) is 31.9 Å². The lowest BCUT2D eigenvalue weighted by Crippen LogP contribution is -2.17. The molecule has 3 rings (SSSR count). The molecule has 0 atom stereocenters. The van der Waals surface area contributed by atoms with Crippen LogP contribution in [0.1, 0.15) is 11.1 Å².